The first kappa shape index (κ1) is 16.4. The van der Waals surface area contributed by atoms with E-state index >= 15 is 0 Å². The van der Waals surface area contributed by atoms with E-state index in [-0.39, 0.29) is 0 Å². The molecule has 1 fully saturated rings. The fraction of sp³-hybridized carbons (Fsp3) is 0.625. The van der Waals surface area contributed by atoms with Crippen molar-refractivity contribution in [3.05, 3.63) is 22.7 Å². The molecule has 0 aromatic heterocycles. The summed E-state index contributed by atoms with van der Waals surface area (Å²) in [6, 6.07) is 3.93. The number of hydrogen-bond acceptors (Lipinski definition) is 4. The van der Waals surface area contributed by atoms with E-state index in [0.717, 1.165) is 37.7 Å². The smallest absolute Gasteiger partial charge is 0.179 e. The highest BCUT2D eigenvalue weighted by Gasteiger charge is 2.18. The van der Waals surface area contributed by atoms with Gasteiger partial charge in [-0.25, -0.2) is 0 Å². The third-order valence-electron chi connectivity index (χ3n) is 4.03. The Bertz CT molecular complexity index is 462. The van der Waals surface area contributed by atoms with Crippen molar-refractivity contribution in [3.63, 3.8) is 0 Å². The summed E-state index contributed by atoms with van der Waals surface area (Å²) in [4.78, 5) is 2.34. The Morgan fingerprint density at radius 1 is 1.24 bits per heavy atom. The molecule has 118 valence electrons. The third-order valence-corrected chi connectivity index (χ3v) is 4.45. The van der Waals surface area contributed by atoms with E-state index in [1.165, 1.54) is 12.8 Å². The minimum Gasteiger partial charge on any atom is -0.493 e. The average molecular weight is 313 g/mol. The molecule has 1 aliphatic rings. The van der Waals surface area contributed by atoms with Crippen molar-refractivity contribution < 1.29 is 9.47 Å². The normalized spacial score (nSPS) is 16.2. The lowest BCUT2D eigenvalue weighted by molar-refractivity contribution is 0.234. The second-order valence-electron chi connectivity index (χ2n) is 5.66. The van der Waals surface area contributed by atoms with Crippen molar-refractivity contribution in [2.24, 2.45) is 5.92 Å². The first-order valence-electron chi connectivity index (χ1n) is 7.44. The first-order chi connectivity index (χ1) is 10.2. The average Bonchev–Trinajstić information content (AvgIpc) is 2.50. The topological polar surface area (TPSA) is 33.7 Å². The molecule has 1 saturated heterocycles. The zero-order valence-corrected chi connectivity index (χ0v) is 13.9. The second kappa shape index (κ2) is 7.87. The molecule has 0 spiro atoms. The van der Waals surface area contributed by atoms with Gasteiger partial charge in [0, 0.05) is 13.1 Å². The van der Waals surface area contributed by atoms with Crippen LogP contribution in [0.25, 0.3) is 0 Å². The van der Waals surface area contributed by atoms with Crippen molar-refractivity contribution in [3.8, 4) is 11.5 Å². The Labute approximate surface area is 132 Å². The number of halogens is 1. The SMILES string of the molecule is COc1ccc(CN(C)CC2CCNCC2)c(Cl)c1OC. The summed E-state index contributed by atoms with van der Waals surface area (Å²) < 4.78 is 10.6. The third kappa shape index (κ3) is 4.25. The van der Waals surface area contributed by atoms with Gasteiger partial charge in [0.25, 0.3) is 0 Å². The second-order valence-corrected chi connectivity index (χ2v) is 6.04. The molecule has 1 aromatic carbocycles. The molecule has 21 heavy (non-hydrogen) atoms. The summed E-state index contributed by atoms with van der Waals surface area (Å²) in [7, 11) is 5.39. The van der Waals surface area contributed by atoms with E-state index in [1.807, 2.05) is 12.1 Å². The van der Waals surface area contributed by atoms with Crippen molar-refractivity contribution in [2.75, 3.05) is 40.9 Å². The molecule has 0 aliphatic carbocycles. The summed E-state index contributed by atoms with van der Waals surface area (Å²) in [5.74, 6) is 2.06. The fourth-order valence-electron chi connectivity index (χ4n) is 2.91. The number of methoxy groups -OCH3 is 2. The van der Waals surface area contributed by atoms with Gasteiger partial charge in [0.1, 0.15) is 0 Å². The number of nitrogens with one attached hydrogen (secondary N) is 1. The molecule has 0 radical (unpaired) electrons. The van der Waals surface area contributed by atoms with E-state index < -0.39 is 0 Å². The predicted molar refractivity (Wildman–Crippen MR) is 86.5 cm³/mol. The Hall–Kier alpha value is -0.970. The molecule has 0 atom stereocenters. The lowest BCUT2D eigenvalue weighted by Gasteiger charge is -2.28. The summed E-state index contributed by atoms with van der Waals surface area (Å²) >= 11 is 6.44. The van der Waals surface area contributed by atoms with Crippen LogP contribution in [0.15, 0.2) is 12.1 Å². The summed E-state index contributed by atoms with van der Waals surface area (Å²) in [5.41, 5.74) is 1.07. The maximum atomic E-state index is 6.44. The Morgan fingerprint density at radius 3 is 2.57 bits per heavy atom. The molecular weight excluding hydrogens is 288 g/mol. The fourth-order valence-corrected chi connectivity index (χ4v) is 3.21. The van der Waals surface area contributed by atoms with Crippen molar-refractivity contribution in [2.45, 2.75) is 19.4 Å². The Balaban J connectivity index is 2.01. The van der Waals surface area contributed by atoms with E-state index in [0.29, 0.717) is 16.5 Å². The summed E-state index contributed by atoms with van der Waals surface area (Å²) in [6.07, 6.45) is 2.51. The van der Waals surface area contributed by atoms with Crippen LogP contribution in [0.3, 0.4) is 0 Å². The number of benzene rings is 1. The Kier molecular flexibility index (Phi) is 6.15. The van der Waals surface area contributed by atoms with Gasteiger partial charge in [-0.2, -0.15) is 0 Å². The molecule has 0 saturated carbocycles. The van der Waals surface area contributed by atoms with E-state index in [9.17, 15) is 0 Å². The number of hydrogen-bond donors (Lipinski definition) is 1. The maximum absolute atomic E-state index is 6.44. The number of piperidine rings is 1. The van der Waals surface area contributed by atoms with Gasteiger partial charge >= 0.3 is 0 Å². The maximum Gasteiger partial charge on any atom is 0.179 e. The van der Waals surface area contributed by atoms with Crippen LogP contribution < -0.4 is 14.8 Å². The Morgan fingerprint density at radius 2 is 1.95 bits per heavy atom. The molecule has 2 rings (SSSR count). The van der Waals surface area contributed by atoms with Crippen LogP contribution in [0.1, 0.15) is 18.4 Å². The first-order valence-corrected chi connectivity index (χ1v) is 7.82. The molecule has 1 aromatic rings. The summed E-state index contributed by atoms with van der Waals surface area (Å²) in [6.45, 7) is 4.20. The van der Waals surface area contributed by atoms with Crippen LogP contribution >= 0.6 is 11.6 Å². The summed E-state index contributed by atoms with van der Waals surface area (Å²) in [5, 5.41) is 4.05. The molecular formula is C16H25ClN2O2. The number of rotatable bonds is 6. The van der Waals surface area contributed by atoms with Crippen LogP contribution in [0.4, 0.5) is 0 Å². The van der Waals surface area contributed by atoms with Gasteiger partial charge in [0.05, 0.1) is 19.2 Å². The lowest BCUT2D eigenvalue weighted by atomic mass is 9.97. The highest BCUT2D eigenvalue weighted by Crippen LogP contribution is 2.37. The number of ether oxygens (including phenoxy) is 2. The van der Waals surface area contributed by atoms with Crippen LogP contribution in [-0.2, 0) is 6.54 Å². The molecule has 0 bridgehead atoms. The zero-order valence-electron chi connectivity index (χ0n) is 13.1. The monoisotopic (exact) mass is 312 g/mol. The van der Waals surface area contributed by atoms with Crippen molar-refractivity contribution >= 4 is 11.6 Å². The molecule has 0 unspecified atom stereocenters. The molecule has 0 amide bonds. The molecule has 1 N–H and O–H groups in total. The van der Waals surface area contributed by atoms with Crippen LogP contribution in [-0.4, -0.2) is 45.8 Å². The quantitative estimate of drug-likeness (QED) is 0.876. The van der Waals surface area contributed by atoms with E-state index in [2.05, 4.69) is 17.3 Å². The minimum atomic E-state index is 0.618. The van der Waals surface area contributed by atoms with Gasteiger partial charge in [0.15, 0.2) is 11.5 Å². The molecule has 1 aliphatic heterocycles. The minimum absolute atomic E-state index is 0.618. The predicted octanol–water partition coefficient (Wildman–Crippen LogP) is 2.79. The molecule has 4 nitrogen and oxygen atoms in total. The van der Waals surface area contributed by atoms with Crippen LogP contribution in [0, 0.1) is 5.92 Å². The zero-order chi connectivity index (χ0) is 15.2. The van der Waals surface area contributed by atoms with Gasteiger partial charge in [0.2, 0.25) is 0 Å². The van der Waals surface area contributed by atoms with Gasteiger partial charge < -0.3 is 19.7 Å². The van der Waals surface area contributed by atoms with E-state index in [1.54, 1.807) is 14.2 Å². The van der Waals surface area contributed by atoms with Crippen LogP contribution in [0.2, 0.25) is 5.02 Å². The highest BCUT2D eigenvalue weighted by molar-refractivity contribution is 6.33. The lowest BCUT2D eigenvalue weighted by Crippen LogP contribution is -2.34. The van der Waals surface area contributed by atoms with Gasteiger partial charge in [-0.05, 0) is 50.5 Å². The molecule has 5 heteroatoms. The van der Waals surface area contributed by atoms with Crippen LogP contribution in [0.5, 0.6) is 11.5 Å². The standard InChI is InChI=1S/C16H25ClN2O2/c1-19(10-12-6-8-18-9-7-12)11-13-4-5-14(20-2)16(21-3)15(13)17/h4-5,12,18H,6-11H2,1-3H3. The van der Waals surface area contributed by atoms with Gasteiger partial charge in [-0.15, -0.1) is 0 Å². The van der Waals surface area contributed by atoms with Gasteiger partial charge in [-0.1, -0.05) is 17.7 Å². The van der Waals surface area contributed by atoms with Crippen molar-refractivity contribution in [1.29, 1.82) is 0 Å². The van der Waals surface area contributed by atoms with Gasteiger partial charge in [-0.3, -0.25) is 0 Å². The van der Waals surface area contributed by atoms with Crippen molar-refractivity contribution in [1.82, 2.24) is 10.2 Å². The highest BCUT2D eigenvalue weighted by atomic mass is 35.5. The van der Waals surface area contributed by atoms with E-state index in [4.69, 9.17) is 21.1 Å². The largest absolute Gasteiger partial charge is 0.493 e. The number of nitrogens with zero attached hydrogens (tertiary/aromatic N) is 1. The molecule has 1 heterocycles.